The highest BCUT2D eigenvalue weighted by Gasteiger charge is 2.35. The Hall–Kier alpha value is -1.87. The lowest BCUT2D eigenvalue weighted by Crippen LogP contribution is -2.55. The van der Waals surface area contributed by atoms with Crippen LogP contribution in [0.5, 0.6) is 0 Å². The third-order valence-electron chi connectivity index (χ3n) is 6.41. The summed E-state index contributed by atoms with van der Waals surface area (Å²) in [7, 11) is 1.84. The van der Waals surface area contributed by atoms with Gasteiger partial charge >= 0.3 is 0 Å². The topological polar surface area (TPSA) is 40.1 Å². The number of nitrogens with one attached hydrogen (secondary N) is 1. The summed E-state index contributed by atoms with van der Waals surface area (Å²) in [6.45, 7) is 5.59. The molecular weight excluding hydrogens is 506 g/mol. The second-order valence-corrected chi connectivity index (χ2v) is 8.09. The third kappa shape index (κ3) is 5.49. The van der Waals surface area contributed by atoms with Crippen molar-refractivity contribution in [3.05, 3.63) is 66.0 Å². The first-order valence-corrected chi connectivity index (χ1v) is 10.8. The predicted octanol–water partition coefficient (Wildman–Crippen LogP) is 3.89. The molecule has 0 amide bonds. The standard InChI is InChI=1S/C24H31FN4O.HI/c1-26-23(29-15-13-28(14-16-29)22-10-6-5-9-21(22)25)27-19-24(11-17-30-18-12-24)20-7-3-2-4-8-20;/h2-10H,11-19H2,1H3,(H,26,27);1H. The van der Waals surface area contributed by atoms with Gasteiger partial charge in [0.2, 0.25) is 0 Å². The van der Waals surface area contributed by atoms with Crippen molar-refractivity contribution in [1.29, 1.82) is 0 Å². The van der Waals surface area contributed by atoms with E-state index in [2.05, 4.69) is 50.4 Å². The fourth-order valence-electron chi connectivity index (χ4n) is 4.57. The molecular formula is C24H32FIN4O. The zero-order valence-corrected chi connectivity index (χ0v) is 20.4. The largest absolute Gasteiger partial charge is 0.381 e. The molecule has 2 fully saturated rings. The van der Waals surface area contributed by atoms with Crippen molar-refractivity contribution in [2.24, 2.45) is 4.99 Å². The number of hydrogen-bond acceptors (Lipinski definition) is 3. The van der Waals surface area contributed by atoms with Gasteiger partial charge in [0.1, 0.15) is 5.82 Å². The van der Waals surface area contributed by atoms with E-state index in [-0.39, 0.29) is 35.2 Å². The van der Waals surface area contributed by atoms with E-state index in [9.17, 15) is 4.39 Å². The van der Waals surface area contributed by atoms with Crippen molar-refractivity contribution in [1.82, 2.24) is 10.2 Å². The maximum absolute atomic E-state index is 14.1. The lowest BCUT2D eigenvalue weighted by Gasteiger charge is -2.41. The molecule has 0 unspecified atom stereocenters. The van der Waals surface area contributed by atoms with Crippen LogP contribution in [-0.4, -0.2) is 63.8 Å². The summed E-state index contributed by atoms with van der Waals surface area (Å²) in [6.07, 6.45) is 2.00. The molecule has 4 rings (SSSR count). The Balaban J connectivity index is 0.00000272. The number of guanidine groups is 1. The van der Waals surface area contributed by atoms with Gasteiger partial charge in [0.05, 0.1) is 5.69 Å². The molecule has 2 heterocycles. The number of ether oxygens (including phenoxy) is 1. The van der Waals surface area contributed by atoms with E-state index >= 15 is 0 Å². The molecule has 168 valence electrons. The van der Waals surface area contributed by atoms with Crippen molar-refractivity contribution in [3.8, 4) is 0 Å². The molecule has 0 aromatic heterocycles. The fourth-order valence-corrected chi connectivity index (χ4v) is 4.57. The fraction of sp³-hybridized carbons (Fsp3) is 0.458. The van der Waals surface area contributed by atoms with E-state index < -0.39 is 0 Å². The van der Waals surface area contributed by atoms with Crippen LogP contribution in [-0.2, 0) is 10.2 Å². The number of nitrogens with zero attached hydrogens (tertiary/aromatic N) is 3. The Labute approximate surface area is 201 Å². The van der Waals surface area contributed by atoms with Crippen LogP contribution in [0.4, 0.5) is 10.1 Å². The van der Waals surface area contributed by atoms with Gasteiger partial charge in [0, 0.05) is 58.4 Å². The van der Waals surface area contributed by atoms with Gasteiger partial charge < -0.3 is 19.9 Å². The summed E-state index contributed by atoms with van der Waals surface area (Å²) < 4.78 is 19.8. The van der Waals surface area contributed by atoms with Gasteiger partial charge in [-0.05, 0) is 30.5 Å². The summed E-state index contributed by atoms with van der Waals surface area (Å²) in [6, 6.07) is 17.8. The Kier molecular flexibility index (Phi) is 8.54. The van der Waals surface area contributed by atoms with Crippen molar-refractivity contribution in [2.75, 3.05) is 57.9 Å². The minimum absolute atomic E-state index is 0. The third-order valence-corrected chi connectivity index (χ3v) is 6.41. The average molecular weight is 538 g/mol. The van der Waals surface area contributed by atoms with Crippen LogP contribution in [0.2, 0.25) is 0 Å². The van der Waals surface area contributed by atoms with E-state index in [0.29, 0.717) is 5.69 Å². The second-order valence-electron chi connectivity index (χ2n) is 8.09. The predicted molar refractivity (Wildman–Crippen MR) is 135 cm³/mol. The second kappa shape index (κ2) is 11.1. The summed E-state index contributed by atoms with van der Waals surface area (Å²) in [5.74, 6) is 0.766. The lowest BCUT2D eigenvalue weighted by molar-refractivity contribution is 0.0511. The van der Waals surface area contributed by atoms with Gasteiger partial charge in [0.15, 0.2) is 5.96 Å². The van der Waals surface area contributed by atoms with E-state index in [0.717, 1.165) is 64.7 Å². The van der Waals surface area contributed by atoms with Gasteiger partial charge in [-0.2, -0.15) is 0 Å². The molecule has 2 aliphatic rings. The van der Waals surface area contributed by atoms with E-state index in [1.54, 1.807) is 6.07 Å². The van der Waals surface area contributed by atoms with Crippen LogP contribution >= 0.6 is 24.0 Å². The lowest BCUT2D eigenvalue weighted by atomic mass is 9.74. The molecule has 0 atom stereocenters. The number of para-hydroxylation sites is 1. The van der Waals surface area contributed by atoms with Crippen LogP contribution in [0.3, 0.4) is 0 Å². The normalized spacial score (nSPS) is 19.0. The first kappa shape index (κ1) is 23.8. The van der Waals surface area contributed by atoms with Crippen LogP contribution < -0.4 is 10.2 Å². The molecule has 5 nitrogen and oxygen atoms in total. The van der Waals surface area contributed by atoms with Crippen molar-refractivity contribution < 1.29 is 9.13 Å². The number of anilines is 1. The van der Waals surface area contributed by atoms with Crippen molar-refractivity contribution >= 4 is 35.6 Å². The SMILES string of the molecule is CN=C(NCC1(c2ccccc2)CCOCC1)N1CCN(c2ccccc2F)CC1.I. The van der Waals surface area contributed by atoms with Crippen LogP contribution in [0, 0.1) is 5.82 Å². The summed E-state index contributed by atoms with van der Waals surface area (Å²) in [4.78, 5) is 8.93. The number of benzene rings is 2. The summed E-state index contributed by atoms with van der Waals surface area (Å²) in [5.41, 5.74) is 2.11. The van der Waals surface area contributed by atoms with E-state index in [4.69, 9.17) is 4.74 Å². The molecule has 2 aromatic carbocycles. The molecule has 0 saturated carbocycles. The molecule has 0 radical (unpaired) electrons. The van der Waals surface area contributed by atoms with E-state index in [1.165, 1.54) is 11.6 Å². The first-order chi connectivity index (χ1) is 14.7. The van der Waals surface area contributed by atoms with Gasteiger partial charge in [-0.3, -0.25) is 4.99 Å². The Morgan fingerprint density at radius 1 is 1.00 bits per heavy atom. The highest BCUT2D eigenvalue weighted by Crippen LogP contribution is 2.34. The Morgan fingerprint density at radius 3 is 2.29 bits per heavy atom. The minimum atomic E-state index is -0.155. The molecule has 2 aliphatic heterocycles. The molecule has 1 N–H and O–H groups in total. The molecule has 2 saturated heterocycles. The smallest absolute Gasteiger partial charge is 0.193 e. The van der Waals surface area contributed by atoms with Crippen LogP contribution in [0.1, 0.15) is 18.4 Å². The number of hydrogen-bond donors (Lipinski definition) is 1. The first-order valence-electron chi connectivity index (χ1n) is 10.8. The minimum Gasteiger partial charge on any atom is -0.381 e. The highest BCUT2D eigenvalue weighted by molar-refractivity contribution is 14.0. The van der Waals surface area contributed by atoms with E-state index in [1.807, 2.05) is 19.2 Å². The number of halogens is 2. The molecule has 0 bridgehead atoms. The van der Waals surface area contributed by atoms with Gasteiger partial charge in [-0.25, -0.2) is 4.39 Å². The number of rotatable bonds is 4. The Bertz CT molecular complexity index is 850. The molecule has 31 heavy (non-hydrogen) atoms. The van der Waals surface area contributed by atoms with Crippen LogP contribution in [0.25, 0.3) is 0 Å². The number of piperazine rings is 1. The number of aliphatic imine (C=N–C) groups is 1. The summed E-state index contributed by atoms with van der Waals surface area (Å²) >= 11 is 0. The zero-order valence-electron chi connectivity index (χ0n) is 18.1. The maximum Gasteiger partial charge on any atom is 0.193 e. The van der Waals surface area contributed by atoms with Crippen molar-refractivity contribution in [2.45, 2.75) is 18.3 Å². The molecule has 7 heteroatoms. The summed E-state index contributed by atoms with van der Waals surface area (Å²) in [5, 5.41) is 3.64. The van der Waals surface area contributed by atoms with Gasteiger partial charge in [-0.1, -0.05) is 42.5 Å². The average Bonchev–Trinajstić information content (AvgIpc) is 2.81. The zero-order chi connectivity index (χ0) is 20.8. The molecule has 0 spiro atoms. The van der Waals surface area contributed by atoms with Crippen LogP contribution in [0.15, 0.2) is 59.6 Å². The Morgan fingerprint density at radius 2 is 1.65 bits per heavy atom. The van der Waals surface area contributed by atoms with Gasteiger partial charge in [-0.15, -0.1) is 24.0 Å². The van der Waals surface area contributed by atoms with Crippen molar-refractivity contribution in [3.63, 3.8) is 0 Å². The quantitative estimate of drug-likeness (QED) is 0.365. The maximum atomic E-state index is 14.1. The highest BCUT2D eigenvalue weighted by atomic mass is 127. The van der Waals surface area contributed by atoms with Gasteiger partial charge in [0.25, 0.3) is 0 Å². The monoisotopic (exact) mass is 538 g/mol. The molecule has 0 aliphatic carbocycles. The molecule has 2 aromatic rings.